The number of amides is 2. The van der Waals surface area contributed by atoms with Crippen LogP contribution in [0, 0.1) is 0 Å². The minimum absolute atomic E-state index is 0.219. The number of esters is 1. The number of rotatable bonds is 6. The van der Waals surface area contributed by atoms with Gasteiger partial charge in [0.15, 0.2) is 0 Å². The molecule has 3 aromatic rings. The first kappa shape index (κ1) is 32.2. The van der Waals surface area contributed by atoms with E-state index in [1.54, 1.807) is 59.7 Å². The Bertz CT molecular complexity index is 1430. The highest BCUT2D eigenvalue weighted by Gasteiger charge is 2.33. The van der Waals surface area contributed by atoms with Crippen molar-refractivity contribution >= 4 is 29.1 Å². The normalized spacial score (nSPS) is 12.0. The lowest BCUT2D eigenvalue weighted by Gasteiger charge is -2.29. The first-order valence-corrected chi connectivity index (χ1v) is 12.9. The fourth-order valence-electron chi connectivity index (χ4n) is 4.00. The van der Waals surface area contributed by atoms with E-state index in [4.69, 9.17) is 14.2 Å². The zero-order valence-electron chi connectivity index (χ0n) is 24.4. The molecule has 42 heavy (non-hydrogen) atoms. The summed E-state index contributed by atoms with van der Waals surface area (Å²) in [6.45, 7) is 9.52. The molecule has 0 spiro atoms. The number of carbonyl (C=O) groups is 3. The highest BCUT2D eigenvalue weighted by atomic mass is 19.4. The molecule has 0 aliphatic carbocycles. The molecule has 2 amide bonds. The van der Waals surface area contributed by atoms with Gasteiger partial charge in [-0.3, -0.25) is 9.78 Å². The largest absolute Gasteiger partial charge is 0.573 e. The molecule has 0 aliphatic rings. The Morgan fingerprint density at radius 3 is 1.95 bits per heavy atom. The molecule has 0 fully saturated rings. The van der Waals surface area contributed by atoms with Gasteiger partial charge >= 0.3 is 24.5 Å². The van der Waals surface area contributed by atoms with Gasteiger partial charge in [0.1, 0.15) is 17.0 Å². The lowest BCUT2D eigenvalue weighted by atomic mass is 9.92. The number of nitrogens with zero attached hydrogens (tertiary/aromatic N) is 2. The third-order valence-corrected chi connectivity index (χ3v) is 5.60. The van der Waals surface area contributed by atoms with E-state index in [1.165, 1.54) is 25.4 Å². The second kappa shape index (κ2) is 12.3. The maximum atomic E-state index is 13.2. The van der Waals surface area contributed by atoms with Gasteiger partial charge in [0.05, 0.1) is 25.6 Å². The summed E-state index contributed by atoms with van der Waals surface area (Å²) in [7, 11) is 1.23. The summed E-state index contributed by atoms with van der Waals surface area (Å²) in [5, 5.41) is 0.513. The molecule has 9 nitrogen and oxygen atoms in total. The first-order chi connectivity index (χ1) is 19.4. The van der Waals surface area contributed by atoms with Crippen LogP contribution in [0.2, 0.25) is 0 Å². The van der Waals surface area contributed by atoms with Gasteiger partial charge in [-0.15, -0.1) is 13.2 Å². The SMILES string of the molecule is COC(=O)Cc1c(CN(C(=O)OC(C)(C)C)C(=O)OC(C)(C)C)cc(-c2ccc(OC(F)(F)F)cc2)c2ncccc12. The Morgan fingerprint density at radius 2 is 1.45 bits per heavy atom. The fraction of sp³-hybridized carbons (Fsp3) is 0.400. The number of hydrogen-bond donors (Lipinski definition) is 0. The smallest absolute Gasteiger partial charge is 0.469 e. The average Bonchev–Trinajstić information content (AvgIpc) is 2.85. The van der Waals surface area contributed by atoms with Crippen LogP contribution in [0.1, 0.15) is 52.7 Å². The van der Waals surface area contributed by atoms with E-state index in [-0.39, 0.29) is 13.0 Å². The molecule has 0 bridgehead atoms. The molecule has 0 atom stereocenters. The van der Waals surface area contributed by atoms with Gasteiger partial charge in [0.25, 0.3) is 0 Å². The number of carbonyl (C=O) groups excluding carboxylic acids is 3. The highest BCUT2D eigenvalue weighted by Crippen LogP contribution is 2.35. The minimum atomic E-state index is -4.86. The summed E-state index contributed by atoms with van der Waals surface area (Å²) in [5.74, 6) is -0.990. The Morgan fingerprint density at radius 1 is 0.881 bits per heavy atom. The summed E-state index contributed by atoms with van der Waals surface area (Å²) in [6.07, 6.45) is -5.49. The van der Waals surface area contributed by atoms with Crippen LogP contribution in [0.15, 0.2) is 48.7 Å². The van der Waals surface area contributed by atoms with Crippen LogP contribution in [0.25, 0.3) is 22.0 Å². The first-order valence-electron chi connectivity index (χ1n) is 12.9. The lowest BCUT2D eigenvalue weighted by Crippen LogP contribution is -2.43. The predicted octanol–water partition coefficient (Wildman–Crippen LogP) is 7.19. The maximum absolute atomic E-state index is 13.2. The van der Waals surface area contributed by atoms with E-state index in [9.17, 15) is 27.6 Å². The molecule has 226 valence electrons. The Balaban J connectivity index is 2.22. The molecule has 0 saturated heterocycles. The molecule has 12 heteroatoms. The zero-order valence-corrected chi connectivity index (χ0v) is 24.4. The van der Waals surface area contributed by atoms with Crippen LogP contribution >= 0.6 is 0 Å². The van der Waals surface area contributed by atoms with Crippen molar-refractivity contribution in [3.63, 3.8) is 0 Å². The molecule has 0 N–H and O–H groups in total. The number of methoxy groups -OCH3 is 1. The van der Waals surface area contributed by atoms with Crippen LogP contribution in [0.5, 0.6) is 5.75 Å². The fourth-order valence-corrected chi connectivity index (χ4v) is 4.00. The van der Waals surface area contributed by atoms with Crippen LogP contribution in [-0.4, -0.2) is 52.7 Å². The number of halogens is 3. The van der Waals surface area contributed by atoms with Crippen molar-refractivity contribution in [2.45, 2.75) is 72.1 Å². The monoisotopic (exact) mass is 590 g/mol. The van der Waals surface area contributed by atoms with E-state index in [1.807, 2.05) is 0 Å². The number of fused-ring (bicyclic) bond motifs is 1. The summed E-state index contributed by atoms with van der Waals surface area (Å²) in [6, 6.07) is 10.1. The third kappa shape index (κ3) is 8.82. The van der Waals surface area contributed by atoms with E-state index >= 15 is 0 Å². The van der Waals surface area contributed by atoms with Crippen molar-refractivity contribution in [3.05, 3.63) is 59.8 Å². The molecular formula is C30H33F3N2O7. The molecule has 0 unspecified atom stereocenters. The Kier molecular flexibility index (Phi) is 9.39. The topological polar surface area (TPSA) is 104 Å². The Labute approximate surface area is 241 Å². The number of alkyl halides is 3. The van der Waals surface area contributed by atoms with E-state index < -0.39 is 41.5 Å². The third-order valence-electron chi connectivity index (χ3n) is 5.60. The minimum Gasteiger partial charge on any atom is -0.469 e. The van der Waals surface area contributed by atoms with Crippen LogP contribution in [-0.2, 0) is 32.0 Å². The molecule has 1 aromatic heterocycles. The van der Waals surface area contributed by atoms with Crippen molar-refractivity contribution in [1.29, 1.82) is 0 Å². The maximum Gasteiger partial charge on any atom is 0.573 e. The van der Waals surface area contributed by atoms with Crippen molar-refractivity contribution in [3.8, 4) is 16.9 Å². The molecule has 0 saturated carbocycles. The van der Waals surface area contributed by atoms with Crippen molar-refractivity contribution in [2.75, 3.05) is 7.11 Å². The number of aromatic nitrogens is 1. The number of benzene rings is 2. The van der Waals surface area contributed by atoms with Gasteiger partial charge in [-0.1, -0.05) is 18.2 Å². The average molecular weight is 591 g/mol. The summed E-state index contributed by atoms with van der Waals surface area (Å²) in [4.78, 5) is 44.2. The summed E-state index contributed by atoms with van der Waals surface area (Å²) < 4.78 is 58.0. The number of pyridine rings is 1. The number of ether oxygens (including phenoxy) is 4. The standard InChI is InChI=1S/C30H33F3N2O7/c1-28(2,3)41-26(37)35(27(38)42-29(4,5)6)17-19-15-23(18-10-12-20(13-11-18)40-30(31,32)33)25-21(9-8-14-34-25)22(19)16-24(36)39-7/h8-15H,16-17H2,1-7H3. The van der Waals surface area contributed by atoms with E-state index in [0.717, 1.165) is 17.0 Å². The van der Waals surface area contributed by atoms with Crippen LogP contribution in [0.4, 0.5) is 22.8 Å². The molecular weight excluding hydrogens is 557 g/mol. The molecule has 0 radical (unpaired) electrons. The van der Waals surface area contributed by atoms with Gasteiger partial charge in [0, 0.05) is 17.1 Å². The molecule has 1 heterocycles. The van der Waals surface area contributed by atoms with Crippen molar-refractivity contribution in [2.24, 2.45) is 0 Å². The highest BCUT2D eigenvalue weighted by molar-refractivity contribution is 5.98. The lowest BCUT2D eigenvalue weighted by molar-refractivity contribution is -0.274. The van der Waals surface area contributed by atoms with E-state index in [0.29, 0.717) is 33.2 Å². The van der Waals surface area contributed by atoms with Crippen molar-refractivity contribution in [1.82, 2.24) is 9.88 Å². The number of hydrogen-bond acceptors (Lipinski definition) is 8. The van der Waals surface area contributed by atoms with Gasteiger partial charge in [-0.25, -0.2) is 14.5 Å². The second-order valence-corrected chi connectivity index (χ2v) is 11.3. The summed E-state index contributed by atoms with van der Waals surface area (Å²) in [5.41, 5.74) is 0.300. The van der Waals surface area contributed by atoms with E-state index in [2.05, 4.69) is 9.72 Å². The van der Waals surface area contributed by atoms with Gasteiger partial charge < -0.3 is 18.9 Å². The second-order valence-electron chi connectivity index (χ2n) is 11.3. The molecule has 3 rings (SSSR count). The Hall–Kier alpha value is -4.35. The molecule has 2 aromatic carbocycles. The quantitative estimate of drug-likeness (QED) is 0.220. The van der Waals surface area contributed by atoms with Gasteiger partial charge in [-0.2, -0.15) is 0 Å². The zero-order chi connectivity index (χ0) is 31.5. The number of imide groups is 1. The van der Waals surface area contributed by atoms with Crippen LogP contribution < -0.4 is 4.74 Å². The summed E-state index contributed by atoms with van der Waals surface area (Å²) >= 11 is 0. The van der Waals surface area contributed by atoms with Crippen molar-refractivity contribution < 1.29 is 46.5 Å². The molecule has 0 aliphatic heterocycles. The van der Waals surface area contributed by atoms with Crippen LogP contribution in [0.3, 0.4) is 0 Å². The van der Waals surface area contributed by atoms with Gasteiger partial charge in [0.2, 0.25) is 0 Å². The van der Waals surface area contributed by atoms with Gasteiger partial charge in [-0.05, 0) is 82.5 Å². The predicted molar refractivity (Wildman–Crippen MR) is 148 cm³/mol.